The first-order valence-electron chi connectivity index (χ1n) is 5.55. The van der Waals surface area contributed by atoms with E-state index in [0.29, 0.717) is 0 Å². The van der Waals surface area contributed by atoms with Crippen molar-refractivity contribution in [2.24, 2.45) is 0 Å². The second-order valence-electron chi connectivity index (χ2n) is 4.67. The van der Waals surface area contributed by atoms with Crippen LogP contribution in [-0.2, 0) is 15.0 Å². The van der Waals surface area contributed by atoms with E-state index in [4.69, 9.17) is 5.11 Å². The lowest BCUT2D eigenvalue weighted by Crippen LogP contribution is -2.46. The van der Waals surface area contributed by atoms with Crippen molar-refractivity contribution in [1.29, 1.82) is 0 Å². The highest BCUT2D eigenvalue weighted by Crippen LogP contribution is 2.25. The van der Waals surface area contributed by atoms with Crippen molar-refractivity contribution in [2.75, 3.05) is 0 Å². The molecule has 1 aromatic carbocycles. The van der Waals surface area contributed by atoms with Gasteiger partial charge in [-0.2, -0.15) is 0 Å². The third kappa shape index (κ3) is 3.32. The summed E-state index contributed by atoms with van der Waals surface area (Å²) >= 11 is 3.33. The van der Waals surface area contributed by atoms with Gasteiger partial charge in [0.1, 0.15) is 6.04 Å². The number of nitrogens with one attached hydrogen (secondary N) is 1. The van der Waals surface area contributed by atoms with E-state index in [2.05, 4.69) is 21.2 Å². The first kappa shape index (κ1) is 14.7. The fraction of sp³-hybridized carbons (Fsp3) is 0.385. The minimum absolute atomic E-state index is 0.306. The predicted molar refractivity (Wildman–Crippen MR) is 72.4 cm³/mol. The number of amides is 1. The molecule has 1 atom stereocenters. The summed E-state index contributed by atoms with van der Waals surface area (Å²) in [5.74, 6) is -1.35. The van der Waals surface area contributed by atoms with E-state index in [9.17, 15) is 9.59 Å². The first-order chi connectivity index (χ1) is 8.25. The molecule has 0 heterocycles. The number of aliphatic carboxylic acids is 1. The second-order valence-corrected chi connectivity index (χ2v) is 5.58. The number of carboxylic acids is 1. The molecular weight excluding hydrogens is 298 g/mol. The minimum Gasteiger partial charge on any atom is -0.480 e. The summed E-state index contributed by atoms with van der Waals surface area (Å²) in [6.45, 7) is 4.97. The molecule has 2 N–H and O–H groups in total. The van der Waals surface area contributed by atoms with Gasteiger partial charge in [0.2, 0.25) is 5.91 Å². The number of hydrogen-bond acceptors (Lipinski definition) is 2. The molecule has 0 aliphatic heterocycles. The molecule has 0 fully saturated rings. The van der Waals surface area contributed by atoms with Gasteiger partial charge in [0.25, 0.3) is 0 Å². The Morgan fingerprint density at radius 2 is 1.78 bits per heavy atom. The topological polar surface area (TPSA) is 66.4 Å². The standard InChI is InChI=1S/C13H16BrNO3/c1-8(11(16)17)15-12(18)13(2,3)9-4-6-10(14)7-5-9/h4-8H,1-3H3,(H,15,18)(H,16,17)/t8-/m0/s1. The zero-order chi connectivity index (χ0) is 13.9. The fourth-order valence-corrected chi connectivity index (χ4v) is 1.70. The molecule has 0 radical (unpaired) electrons. The van der Waals surface area contributed by atoms with E-state index in [1.165, 1.54) is 6.92 Å². The molecule has 1 aromatic rings. The lowest BCUT2D eigenvalue weighted by molar-refractivity contribution is -0.142. The van der Waals surface area contributed by atoms with Gasteiger partial charge < -0.3 is 10.4 Å². The van der Waals surface area contributed by atoms with Crippen molar-refractivity contribution in [3.8, 4) is 0 Å². The number of halogens is 1. The van der Waals surface area contributed by atoms with Crippen molar-refractivity contribution in [1.82, 2.24) is 5.32 Å². The summed E-state index contributed by atoms with van der Waals surface area (Å²) in [7, 11) is 0. The largest absolute Gasteiger partial charge is 0.480 e. The number of carbonyl (C=O) groups is 2. The summed E-state index contributed by atoms with van der Waals surface area (Å²) in [6, 6.07) is 6.49. The highest BCUT2D eigenvalue weighted by molar-refractivity contribution is 9.10. The van der Waals surface area contributed by atoms with E-state index >= 15 is 0 Å². The van der Waals surface area contributed by atoms with Gasteiger partial charge in [-0.05, 0) is 38.5 Å². The molecule has 1 rings (SSSR count). The van der Waals surface area contributed by atoms with Crippen molar-refractivity contribution in [3.05, 3.63) is 34.3 Å². The van der Waals surface area contributed by atoms with Crippen molar-refractivity contribution >= 4 is 27.8 Å². The van der Waals surface area contributed by atoms with Gasteiger partial charge >= 0.3 is 5.97 Å². The molecule has 0 saturated carbocycles. The van der Waals surface area contributed by atoms with Crippen LogP contribution >= 0.6 is 15.9 Å². The maximum absolute atomic E-state index is 12.1. The molecule has 0 bridgehead atoms. The van der Waals surface area contributed by atoms with Crippen LogP contribution in [0.4, 0.5) is 0 Å². The van der Waals surface area contributed by atoms with Crippen LogP contribution < -0.4 is 5.32 Å². The Kier molecular flexibility index (Phi) is 4.51. The first-order valence-corrected chi connectivity index (χ1v) is 6.34. The van der Waals surface area contributed by atoms with Gasteiger partial charge in [-0.1, -0.05) is 28.1 Å². The monoisotopic (exact) mass is 313 g/mol. The Morgan fingerprint density at radius 1 is 1.28 bits per heavy atom. The Balaban J connectivity index is 2.89. The van der Waals surface area contributed by atoms with Crippen LogP contribution in [0.3, 0.4) is 0 Å². The Morgan fingerprint density at radius 3 is 2.22 bits per heavy atom. The maximum Gasteiger partial charge on any atom is 0.325 e. The van der Waals surface area contributed by atoms with E-state index in [1.807, 2.05) is 24.3 Å². The number of carbonyl (C=O) groups excluding carboxylic acids is 1. The van der Waals surface area contributed by atoms with Crippen LogP contribution in [0, 0.1) is 0 Å². The predicted octanol–water partition coefficient (Wildman–Crippen LogP) is 2.32. The van der Waals surface area contributed by atoms with Gasteiger partial charge in [-0.25, -0.2) is 0 Å². The molecule has 0 aliphatic carbocycles. The highest BCUT2D eigenvalue weighted by Gasteiger charge is 2.31. The SMILES string of the molecule is C[C@H](NC(=O)C(C)(C)c1ccc(Br)cc1)C(=O)O. The van der Waals surface area contributed by atoms with Gasteiger partial charge in [0.05, 0.1) is 5.41 Å². The van der Waals surface area contributed by atoms with Crippen molar-refractivity contribution < 1.29 is 14.7 Å². The zero-order valence-corrected chi connectivity index (χ0v) is 12.1. The van der Waals surface area contributed by atoms with Crippen molar-refractivity contribution in [3.63, 3.8) is 0 Å². The molecule has 18 heavy (non-hydrogen) atoms. The third-order valence-corrected chi connectivity index (χ3v) is 3.38. The third-order valence-electron chi connectivity index (χ3n) is 2.85. The van der Waals surface area contributed by atoms with E-state index in [-0.39, 0.29) is 5.91 Å². The number of benzene rings is 1. The van der Waals surface area contributed by atoms with Crippen LogP contribution in [0.5, 0.6) is 0 Å². The lowest BCUT2D eigenvalue weighted by atomic mass is 9.83. The van der Waals surface area contributed by atoms with Crippen LogP contribution in [0.15, 0.2) is 28.7 Å². The molecule has 98 valence electrons. The van der Waals surface area contributed by atoms with Crippen LogP contribution in [0.2, 0.25) is 0 Å². The second kappa shape index (κ2) is 5.52. The maximum atomic E-state index is 12.1. The normalized spacial score (nSPS) is 12.9. The molecule has 0 saturated heterocycles. The molecule has 1 amide bonds. The lowest BCUT2D eigenvalue weighted by Gasteiger charge is -2.25. The number of hydrogen-bond donors (Lipinski definition) is 2. The van der Waals surface area contributed by atoms with Crippen LogP contribution in [0.1, 0.15) is 26.3 Å². The quantitative estimate of drug-likeness (QED) is 0.896. The highest BCUT2D eigenvalue weighted by atomic mass is 79.9. The summed E-state index contributed by atoms with van der Waals surface area (Å²) in [4.78, 5) is 22.8. The Hall–Kier alpha value is -1.36. The summed E-state index contributed by atoms with van der Waals surface area (Å²) < 4.78 is 0.932. The van der Waals surface area contributed by atoms with Crippen LogP contribution in [0.25, 0.3) is 0 Å². The Bertz CT molecular complexity index is 454. The Labute approximate surface area is 115 Å². The number of carboxylic acid groups (broad SMARTS) is 1. The van der Waals surface area contributed by atoms with E-state index in [0.717, 1.165) is 10.0 Å². The average Bonchev–Trinajstić information content (AvgIpc) is 2.29. The van der Waals surface area contributed by atoms with Gasteiger partial charge in [0.15, 0.2) is 0 Å². The summed E-state index contributed by atoms with van der Waals surface area (Å²) in [6.07, 6.45) is 0. The molecule has 0 aromatic heterocycles. The van der Waals surface area contributed by atoms with Crippen LogP contribution in [-0.4, -0.2) is 23.0 Å². The molecule has 4 nitrogen and oxygen atoms in total. The molecule has 0 spiro atoms. The zero-order valence-electron chi connectivity index (χ0n) is 10.5. The summed E-state index contributed by atoms with van der Waals surface area (Å²) in [5, 5.41) is 11.3. The average molecular weight is 314 g/mol. The minimum atomic E-state index is -1.05. The molecule has 5 heteroatoms. The van der Waals surface area contributed by atoms with Gasteiger partial charge in [-0.15, -0.1) is 0 Å². The number of rotatable bonds is 4. The van der Waals surface area contributed by atoms with Gasteiger partial charge in [-0.3, -0.25) is 9.59 Å². The molecular formula is C13H16BrNO3. The van der Waals surface area contributed by atoms with Gasteiger partial charge in [0, 0.05) is 4.47 Å². The van der Waals surface area contributed by atoms with E-state index in [1.54, 1.807) is 13.8 Å². The molecule has 0 unspecified atom stereocenters. The summed E-state index contributed by atoms with van der Waals surface area (Å²) in [5.41, 5.74) is 0.0607. The van der Waals surface area contributed by atoms with Crippen molar-refractivity contribution in [2.45, 2.75) is 32.2 Å². The fourth-order valence-electron chi connectivity index (χ4n) is 1.44. The smallest absolute Gasteiger partial charge is 0.325 e. The molecule has 0 aliphatic rings. The van der Waals surface area contributed by atoms with E-state index < -0.39 is 17.4 Å².